The molecule has 0 aliphatic heterocycles. The molecule has 234 valence electrons. The number of pyridine rings is 1. The van der Waals surface area contributed by atoms with Crippen LogP contribution in [0, 0.1) is 17.8 Å². The quantitative estimate of drug-likeness (QED) is 0.108. The van der Waals surface area contributed by atoms with Crippen molar-refractivity contribution in [1.29, 1.82) is 0 Å². The van der Waals surface area contributed by atoms with Gasteiger partial charge in [-0.15, -0.1) is 0 Å². The van der Waals surface area contributed by atoms with Crippen molar-refractivity contribution in [3.8, 4) is 11.5 Å². The minimum Gasteiger partial charge on any atom is -0.381 e. The van der Waals surface area contributed by atoms with E-state index in [9.17, 15) is 0 Å². The van der Waals surface area contributed by atoms with Gasteiger partial charge in [0, 0.05) is 31.5 Å². The highest BCUT2D eigenvalue weighted by molar-refractivity contribution is 5.53. The minimum atomic E-state index is -3.20. The summed E-state index contributed by atoms with van der Waals surface area (Å²) in [7, 11) is 0. The topological polar surface area (TPSA) is 47.9 Å². The molecule has 0 bridgehead atoms. The Balaban J connectivity index is 1.19. The third-order valence-corrected chi connectivity index (χ3v) is 9.11. The van der Waals surface area contributed by atoms with Gasteiger partial charge < -0.3 is 4.74 Å². The first kappa shape index (κ1) is 32.9. The van der Waals surface area contributed by atoms with Gasteiger partial charge in [0.1, 0.15) is 5.69 Å². The largest absolute Gasteiger partial charge is 0.381 e. The smallest absolute Gasteiger partial charge is 0.280 e. The molecule has 0 amide bonds. The Bertz CT molecular complexity index is 1060. The van der Waals surface area contributed by atoms with Crippen LogP contribution in [0.25, 0.3) is 11.5 Å². The van der Waals surface area contributed by atoms with E-state index in [0.29, 0.717) is 24.8 Å². The molecule has 1 atom stereocenters. The summed E-state index contributed by atoms with van der Waals surface area (Å²) >= 11 is 0. The first-order chi connectivity index (χ1) is 20.5. The van der Waals surface area contributed by atoms with Crippen LogP contribution in [0.4, 0.5) is 13.2 Å². The van der Waals surface area contributed by atoms with E-state index in [1.165, 1.54) is 57.8 Å². The molecule has 2 aromatic heterocycles. The summed E-state index contributed by atoms with van der Waals surface area (Å²) in [5, 5.41) is 0. The van der Waals surface area contributed by atoms with Crippen molar-refractivity contribution in [2.75, 3.05) is 13.2 Å². The molecule has 7 heteroatoms. The van der Waals surface area contributed by atoms with Crippen molar-refractivity contribution in [3.63, 3.8) is 0 Å². The number of nitrogens with zero attached hydrogens (tertiary/aromatic N) is 3. The summed E-state index contributed by atoms with van der Waals surface area (Å²) < 4.78 is 51.6. The Morgan fingerprint density at radius 3 is 2.14 bits per heavy atom. The van der Waals surface area contributed by atoms with E-state index in [2.05, 4.69) is 21.9 Å². The van der Waals surface area contributed by atoms with E-state index < -0.39 is 23.4 Å². The maximum atomic E-state index is 15.4. The lowest BCUT2D eigenvalue weighted by atomic mass is 9.78. The van der Waals surface area contributed by atoms with E-state index in [4.69, 9.17) is 4.74 Å². The second kappa shape index (κ2) is 17.3. The highest BCUT2D eigenvalue weighted by atomic mass is 19.3. The highest BCUT2D eigenvalue weighted by Crippen LogP contribution is 2.47. The Labute approximate surface area is 251 Å². The molecule has 1 fully saturated rings. The van der Waals surface area contributed by atoms with Crippen LogP contribution in [0.15, 0.2) is 18.5 Å². The second-order valence-corrected chi connectivity index (χ2v) is 12.7. The molecule has 0 N–H and O–H groups in total. The molecule has 0 aromatic carbocycles. The fraction of sp³-hybridized carbons (Fsp3) is 0.743. The average Bonchev–Trinajstić information content (AvgIpc) is 3.81. The first-order valence-corrected chi connectivity index (χ1v) is 17.0. The van der Waals surface area contributed by atoms with Crippen molar-refractivity contribution in [2.45, 2.75) is 141 Å². The lowest BCUT2D eigenvalue weighted by Gasteiger charge is -2.33. The highest BCUT2D eigenvalue weighted by Gasteiger charge is 2.47. The summed E-state index contributed by atoms with van der Waals surface area (Å²) in [5.41, 5.74) is 1.06. The van der Waals surface area contributed by atoms with Crippen molar-refractivity contribution >= 4 is 0 Å². The van der Waals surface area contributed by atoms with Gasteiger partial charge in [-0.2, -0.15) is 4.39 Å². The van der Waals surface area contributed by atoms with Gasteiger partial charge in [-0.1, -0.05) is 90.4 Å². The summed E-state index contributed by atoms with van der Waals surface area (Å²) in [6, 6.07) is 1.57. The van der Waals surface area contributed by atoms with Gasteiger partial charge in [0.05, 0.1) is 5.56 Å². The number of rotatable bonds is 21. The molecule has 4 rings (SSSR count). The van der Waals surface area contributed by atoms with E-state index in [1.54, 1.807) is 18.5 Å². The zero-order chi connectivity index (χ0) is 29.6. The summed E-state index contributed by atoms with van der Waals surface area (Å²) in [6.45, 7) is 3.84. The normalized spacial score (nSPS) is 17.9. The molecule has 2 aliphatic rings. The van der Waals surface area contributed by atoms with Gasteiger partial charge in [0.15, 0.2) is 5.82 Å². The van der Waals surface area contributed by atoms with Gasteiger partial charge in [-0.3, -0.25) is 0 Å². The van der Waals surface area contributed by atoms with Gasteiger partial charge in [-0.25, -0.2) is 23.7 Å². The zero-order valence-electron chi connectivity index (χ0n) is 25.8. The minimum absolute atomic E-state index is 0.226. The first-order valence-electron chi connectivity index (χ1n) is 17.0. The summed E-state index contributed by atoms with van der Waals surface area (Å²) in [6.07, 6.45) is 24.4. The molecule has 0 radical (unpaired) electrons. The Hall–Kier alpha value is -2.02. The number of halogens is 3. The molecular formula is C35H52F3N3O. The maximum Gasteiger partial charge on any atom is 0.280 e. The Morgan fingerprint density at radius 2 is 1.45 bits per heavy atom. The molecular weight excluding hydrogens is 535 g/mol. The van der Waals surface area contributed by atoms with Gasteiger partial charge in [0.25, 0.3) is 5.92 Å². The second-order valence-electron chi connectivity index (χ2n) is 12.7. The third kappa shape index (κ3) is 10.3. The SMILES string of the molecule is CCCCCOCCCCCc1cnc(-c2cc3c(c(F)n2)C(F)(F)C(CCCCCCCCCC2CC2)CC3)nc1. The fourth-order valence-corrected chi connectivity index (χ4v) is 6.26. The molecule has 1 saturated carbocycles. The molecule has 42 heavy (non-hydrogen) atoms. The van der Waals surface area contributed by atoms with Crippen LogP contribution in [0.5, 0.6) is 0 Å². The molecule has 2 heterocycles. The van der Waals surface area contributed by atoms with Crippen LogP contribution in [-0.4, -0.2) is 28.2 Å². The number of alkyl halides is 2. The molecule has 0 saturated heterocycles. The van der Waals surface area contributed by atoms with Gasteiger partial charge in [0.2, 0.25) is 5.95 Å². The third-order valence-electron chi connectivity index (χ3n) is 9.11. The number of fused-ring (bicyclic) bond motifs is 1. The Kier molecular flexibility index (Phi) is 13.6. The number of hydrogen-bond acceptors (Lipinski definition) is 4. The van der Waals surface area contributed by atoms with Gasteiger partial charge in [-0.05, 0) is 68.1 Å². The summed E-state index contributed by atoms with van der Waals surface area (Å²) in [5.74, 6) is -3.81. The molecule has 4 nitrogen and oxygen atoms in total. The van der Waals surface area contributed by atoms with E-state index in [-0.39, 0.29) is 11.5 Å². The predicted octanol–water partition coefficient (Wildman–Crippen LogP) is 10.2. The van der Waals surface area contributed by atoms with Crippen LogP contribution in [0.2, 0.25) is 0 Å². The number of hydrogen-bond donors (Lipinski definition) is 0. The van der Waals surface area contributed by atoms with E-state index in [0.717, 1.165) is 76.1 Å². The fourth-order valence-electron chi connectivity index (χ4n) is 6.26. The standard InChI is InChI=1S/C35H52F3N3O/c1-2-3-13-22-42-23-14-9-11-16-28-25-39-34(40-26-28)31-24-29-20-21-30(35(37,38)32(29)33(36)41-31)17-12-8-6-4-5-7-10-15-27-18-19-27/h24-27,30H,2-23H2,1H3. The van der Waals surface area contributed by atoms with Crippen LogP contribution in [0.1, 0.15) is 139 Å². The van der Waals surface area contributed by atoms with Crippen molar-refractivity contribution in [1.82, 2.24) is 15.0 Å². The van der Waals surface area contributed by atoms with Gasteiger partial charge >= 0.3 is 0 Å². The Morgan fingerprint density at radius 1 is 0.810 bits per heavy atom. The molecule has 2 aliphatic carbocycles. The van der Waals surface area contributed by atoms with Crippen LogP contribution in [-0.2, 0) is 23.5 Å². The average molecular weight is 588 g/mol. The summed E-state index contributed by atoms with van der Waals surface area (Å²) in [4.78, 5) is 12.7. The molecule has 0 spiro atoms. The van der Waals surface area contributed by atoms with E-state index in [1.807, 2.05) is 0 Å². The van der Waals surface area contributed by atoms with Crippen LogP contribution < -0.4 is 0 Å². The van der Waals surface area contributed by atoms with Crippen LogP contribution >= 0.6 is 0 Å². The maximum absolute atomic E-state index is 15.4. The predicted molar refractivity (Wildman–Crippen MR) is 163 cm³/mol. The van der Waals surface area contributed by atoms with Crippen molar-refractivity contribution in [2.24, 2.45) is 11.8 Å². The lowest BCUT2D eigenvalue weighted by molar-refractivity contribution is -0.0824. The number of aromatic nitrogens is 3. The molecule has 1 unspecified atom stereocenters. The zero-order valence-corrected chi connectivity index (χ0v) is 25.8. The van der Waals surface area contributed by atoms with Crippen molar-refractivity contribution in [3.05, 3.63) is 41.1 Å². The lowest BCUT2D eigenvalue weighted by Crippen LogP contribution is -2.33. The van der Waals surface area contributed by atoms with Crippen LogP contribution in [0.3, 0.4) is 0 Å². The number of ether oxygens (including phenoxy) is 1. The van der Waals surface area contributed by atoms with Crippen molar-refractivity contribution < 1.29 is 17.9 Å². The monoisotopic (exact) mass is 587 g/mol. The number of aryl methyl sites for hydroxylation is 2. The number of unbranched alkanes of at least 4 members (excludes halogenated alkanes) is 10. The van der Waals surface area contributed by atoms with E-state index >= 15 is 13.2 Å². The molecule has 2 aromatic rings.